The molecule has 0 saturated carbocycles. The van der Waals surface area contributed by atoms with Gasteiger partial charge in [0.25, 0.3) is 0 Å². The summed E-state index contributed by atoms with van der Waals surface area (Å²) in [6.45, 7) is 7.87. The number of rotatable bonds is 26. The Hall–Kier alpha value is -4.54. The van der Waals surface area contributed by atoms with Crippen molar-refractivity contribution in [2.75, 3.05) is 26.7 Å². The van der Waals surface area contributed by atoms with E-state index in [9.17, 15) is 14.7 Å². The summed E-state index contributed by atoms with van der Waals surface area (Å²) >= 11 is 0. The van der Waals surface area contributed by atoms with Crippen LogP contribution < -0.4 is 10.6 Å². The standard InChI is InChI=1S/C52H71N3O6/c1-4-6-8-10-12-19-33-55(34-20-13-11-9-7-5-2)38-46-36-49(43-27-25-41(39-56)26-28-43)61-51(60-46)44-31-29-42(30-32-44)47-24-18-17-23-45(47)37-53-52(58)54-48(50(57)59-3)35-40-21-15-14-16-22-40/h14-18,21-32,46,48-49,51,56H,4-13,19-20,33-39H2,1-3H3,(H2,53,54,58)/t46-,48-,49+,51+/m0/s1. The number of nitrogens with one attached hydrogen (secondary N) is 2. The van der Waals surface area contributed by atoms with Crippen LogP contribution in [0.1, 0.15) is 138 Å². The molecule has 1 aliphatic rings. The van der Waals surface area contributed by atoms with Gasteiger partial charge in [-0.25, -0.2) is 9.59 Å². The molecule has 2 amide bonds. The Morgan fingerprint density at radius 2 is 1.33 bits per heavy atom. The summed E-state index contributed by atoms with van der Waals surface area (Å²) in [6, 6.07) is 32.7. The molecule has 1 aliphatic heterocycles. The Morgan fingerprint density at radius 1 is 0.721 bits per heavy atom. The molecule has 4 aromatic rings. The van der Waals surface area contributed by atoms with E-state index in [4.69, 9.17) is 14.2 Å². The van der Waals surface area contributed by atoms with Gasteiger partial charge in [-0.3, -0.25) is 0 Å². The molecule has 0 spiro atoms. The molecule has 1 fully saturated rings. The van der Waals surface area contributed by atoms with Crippen molar-refractivity contribution in [2.45, 2.75) is 141 Å². The smallest absolute Gasteiger partial charge is 0.328 e. The van der Waals surface area contributed by atoms with Gasteiger partial charge in [-0.05, 0) is 59.3 Å². The van der Waals surface area contributed by atoms with Gasteiger partial charge in [0.05, 0.1) is 25.9 Å². The van der Waals surface area contributed by atoms with Crippen LogP contribution in [0.25, 0.3) is 11.1 Å². The van der Waals surface area contributed by atoms with E-state index in [1.807, 2.05) is 60.7 Å². The minimum absolute atomic E-state index is 0.00875. The number of aliphatic hydroxyl groups is 1. The summed E-state index contributed by atoms with van der Waals surface area (Å²) in [5.74, 6) is -0.499. The number of ether oxygens (including phenoxy) is 3. The van der Waals surface area contributed by atoms with Crippen molar-refractivity contribution in [3.8, 4) is 11.1 Å². The molecule has 4 atom stereocenters. The molecule has 0 aliphatic carbocycles. The number of benzene rings is 4. The molecule has 9 nitrogen and oxygen atoms in total. The molecule has 1 heterocycles. The second kappa shape index (κ2) is 26.7. The second-order valence-electron chi connectivity index (χ2n) is 16.6. The van der Waals surface area contributed by atoms with Gasteiger partial charge >= 0.3 is 12.0 Å². The van der Waals surface area contributed by atoms with Gasteiger partial charge in [-0.15, -0.1) is 0 Å². The van der Waals surface area contributed by atoms with Crippen molar-refractivity contribution in [2.24, 2.45) is 0 Å². The number of amides is 2. The summed E-state index contributed by atoms with van der Waals surface area (Å²) in [5.41, 5.74) is 6.79. The molecule has 3 N–H and O–H groups in total. The van der Waals surface area contributed by atoms with Crippen LogP contribution in [0.15, 0.2) is 103 Å². The normalized spacial score (nSPS) is 16.9. The van der Waals surface area contributed by atoms with Gasteiger partial charge in [0.15, 0.2) is 6.29 Å². The first-order valence-electron chi connectivity index (χ1n) is 23.0. The molecule has 0 aromatic heterocycles. The van der Waals surface area contributed by atoms with Crippen LogP contribution in [0.4, 0.5) is 4.79 Å². The lowest BCUT2D eigenvalue weighted by molar-refractivity contribution is -0.253. The van der Waals surface area contributed by atoms with E-state index in [-0.39, 0.29) is 25.4 Å². The van der Waals surface area contributed by atoms with Gasteiger partial charge in [-0.1, -0.05) is 181 Å². The van der Waals surface area contributed by atoms with Gasteiger partial charge in [0.2, 0.25) is 0 Å². The molecule has 5 rings (SSSR count). The van der Waals surface area contributed by atoms with Gasteiger partial charge in [-0.2, -0.15) is 0 Å². The first-order chi connectivity index (χ1) is 29.9. The Morgan fingerprint density at radius 3 is 1.97 bits per heavy atom. The minimum atomic E-state index is -0.817. The second-order valence-corrected chi connectivity index (χ2v) is 16.6. The number of hydrogen-bond acceptors (Lipinski definition) is 7. The van der Waals surface area contributed by atoms with E-state index in [1.165, 1.54) is 84.2 Å². The van der Waals surface area contributed by atoms with E-state index >= 15 is 0 Å². The van der Waals surface area contributed by atoms with Crippen LogP contribution in [0, 0.1) is 0 Å². The Labute approximate surface area is 365 Å². The first kappa shape index (κ1) is 47.5. The molecule has 61 heavy (non-hydrogen) atoms. The topological polar surface area (TPSA) is 109 Å². The monoisotopic (exact) mass is 834 g/mol. The number of aliphatic hydroxyl groups excluding tert-OH is 1. The highest BCUT2D eigenvalue weighted by Gasteiger charge is 2.33. The Kier molecular flexibility index (Phi) is 20.8. The third-order valence-corrected chi connectivity index (χ3v) is 11.8. The fraction of sp³-hybridized carbons (Fsp3) is 0.500. The van der Waals surface area contributed by atoms with Crippen LogP contribution in [0.5, 0.6) is 0 Å². The van der Waals surface area contributed by atoms with Crippen molar-refractivity contribution < 1.29 is 28.9 Å². The number of esters is 1. The summed E-state index contributed by atoms with van der Waals surface area (Å²) in [6.07, 6.45) is 15.8. The summed E-state index contributed by atoms with van der Waals surface area (Å²) < 4.78 is 18.6. The average molecular weight is 834 g/mol. The van der Waals surface area contributed by atoms with Crippen LogP contribution >= 0.6 is 0 Å². The maximum absolute atomic E-state index is 13.1. The van der Waals surface area contributed by atoms with Crippen LogP contribution in [0.2, 0.25) is 0 Å². The van der Waals surface area contributed by atoms with E-state index in [2.05, 4.69) is 71.8 Å². The maximum atomic E-state index is 13.1. The molecule has 9 heteroatoms. The number of carbonyl (C=O) groups excluding carboxylic acids is 2. The van der Waals surface area contributed by atoms with Crippen LogP contribution in [0.3, 0.4) is 0 Å². The SMILES string of the molecule is CCCCCCCCN(CCCCCCCC)C[C@@H]1C[C@H](c2ccc(CO)cc2)O[C@H](c2ccc(-c3ccccc3CNC(=O)N[C@@H](Cc3ccccc3)C(=O)OC)cc2)O1. The summed E-state index contributed by atoms with van der Waals surface area (Å²) in [7, 11) is 1.32. The lowest BCUT2D eigenvalue weighted by Crippen LogP contribution is -2.47. The molecular formula is C52H71N3O6. The van der Waals surface area contributed by atoms with Gasteiger partial charge in [0.1, 0.15) is 6.04 Å². The highest BCUT2D eigenvalue weighted by molar-refractivity contribution is 5.84. The first-order valence-corrected chi connectivity index (χ1v) is 23.0. The van der Waals surface area contributed by atoms with Gasteiger partial charge < -0.3 is 34.9 Å². The summed E-state index contributed by atoms with van der Waals surface area (Å²) in [5, 5.41) is 15.5. The molecule has 0 bridgehead atoms. The van der Waals surface area contributed by atoms with Crippen molar-refractivity contribution in [1.82, 2.24) is 15.5 Å². The number of carbonyl (C=O) groups is 2. The Balaban J connectivity index is 1.27. The third kappa shape index (κ3) is 16.0. The maximum Gasteiger partial charge on any atom is 0.328 e. The molecule has 330 valence electrons. The number of methoxy groups -OCH3 is 1. The summed E-state index contributed by atoms with van der Waals surface area (Å²) in [4.78, 5) is 28.3. The lowest BCUT2D eigenvalue weighted by atomic mass is 9.97. The highest BCUT2D eigenvalue weighted by atomic mass is 16.7. The number of unbranched alkanes of at least 4 members (excludes halogenated alkanes) is 10. The number of hydrogen-bond donors (Lipinski definition) is 3. The molecular weight excluding hydrogens is 763 g/mol. The minimum Gasteiger partial charge on any atom is -0.467 e. The quantitative estimate of drug-likeness (QED) is 0.0427. The third-order valence-electron chi connectivity index (χ3n) is 11.8. The predicted molar refractivity (Wildman–Crippen MR) is 245 cm³/mol. The van der Waals surface area contributed by atoms with Crippen LogP contribution in [-0.2, 0) is 38.6 Å². The number of nitrogens with zero attached hydrogens (tertiary/aromatic N) is 1. The average Bonchev–Trinajstić information content (AvgIpc) is 3.30. The van der Waals surface area contributed by atoms with E-state index < -0.39 is 24.3 Å². The van der Waals surface area contributed by atoms with E-state index in [0.717, 1.165) is 65.0 Å². The molecule has 0 radical (unpaired) electrons. The lowest BCUT2D eigenvalue weighted by Gasteiger charge is -2.38. The zero-order valence-corrected chi connectivity index (χ0v) is 37.0. The molecule has 0 unspecified atom stereocenters. The largest absolute Gasteiger partial charge is 0.467 e. The molecule has 4 aromatic carbocycles. The zero-order chi connectivity index (χ0) is 43.1. The van der Waals surface area contributed by atoms with Crippen molar-refractivity contribution in [1.29, 1.82) is 0 Å². The fourth-order valence-corrected chi connectivity index (χ4v) is 8.19. The number of urea groups is 1. The van der Waals surface area contributed by atoms with Crippen LogP contribution in [-0.4, -0.2) is 60.9 Å². The van der Waals surface area contributed by atoms with Crippen molar-refractivity contribution in [3.05, 3.63) is 131 Å². The van der Waals surface area contributed by atoms with E-state index in [1.54, 1.807) is 0 Å². The zero-order valence-electron chi connectivity index (χ0n) is 37.0. The van der Waals surface area contributed by atoms with Gasteiger partial charge in [0, 0.05) is 31.5 Å². The van der Waals surface area contributed by atoms with Crippen molar-refractivity contribution in [3.63, 3.8) is 0 Å². The predicted octanol–water partition coefficient (Wildman–Crippen LogP) is 11.0. The fourth-order valence-electron chi connectivity index (χ4n) is 8.19. The Bertz CT molecular complexity index is 1820. The van der Waals surface area contributed by atoms with Crippen molar-refractivity contribution >= 4 is 12.0 Å². The molecule has 1 saturated heterocycles. The van der Waals surface area contributed by atoms with E-state index in [0.29, 0.717) is 6.42 Å². The highest BCUT2D eigenvalue weighted by Crippen LogP contribution is 2.39.